The smallest absolute Gasteiger partial charge is 0.282 e. The lowest BCUT2D eigenvalue weighted by Crippen LogP contribution is -2.23. The molecule has 0 amide bonds. The Balaban J connectivity index is 1.49. The standard InChI is InChI=1S/C28H24Br3N3O5/c1-4-15(2)27-33-20-7-6-18(29)11-19(20)28(35)34(27)32-12-17-10-23(36-3)26(25(31)24(17)30)37-13-16-5-8-21-22(9-16)39-14-38-21/h5-12,15H,4,13-14H2,1-3H3/t15-/m0/s1. The normalized spacial score (nSPS) is 13.3. The van der Waals surface area contributed by atoms with Gasteiger partial charge in [0, 0.05) is 20.4 Å². The zero-order valence-corrected chi connectivity index (χ0v) is 26.1. The molecular formula is C28H24Br3N3O5. The van der Waals surface area contributed by atoms with E-state index in [-0.39, 0.29) is 24.9 Å². The van der Waals surface area contributed by atoms with Crippen LogP contribution >= 0.6 is 47.8 Å². The van der Waals surface area contributed by atoms with Gasteiger partial charge in [0.15, 0.2) is 23.0 Å². The molecule has 3 aromatic carbocycles. The van der Waals surface area contributed by atoms with Gasteiger partial charge in [0.1, 0.15) is 12.4 Å². The molecule has 5 rings (SSSR count). The Bertz CT molecular complexity index is 1650. The predicted octanol–water partition coefficient (Wildman–Crippen LogP) is 7.40. The van der Waals surface area contributed by atoms with Gasteiger partial charge >= 0.3 is 0 Å². The van der Waals surface area contributed by atoms with Gasteiger partial charge in [0.05, 0.1) is 28.7 Å². The van der Waals surface area contributed by atoms with Gasteiger partial charge in [-0.25, -0.2) is 4.98 Å². The first-order valence-corrected chi connectivity index (χ1v) is 14.5. The average Bonchev–Trinajstić information content (AvgIpc) is 3.41. The molecule has 0 bridgehead atoms. The summed E-state index contributed by atoms with van der Waals surface area (Å²) in [5.41, 5.74) is 2.01. The van der Waals surface area contributed by atoms with Crippen molar-refractivity contribution in [3.63, 3.8) is 0 Å². The average molecular weight is 722 g/mol. The van der Waals surface area contributed by atoms with Crippen LogP contribution in [0.5, 0.6) is 23.0 Å². The van der Waals surface area contributed by atoms with Gasteiger partial charge in [-0.3, -0.25) is 4.79 Å². The molecule has 0 saturated heterocycles. The Labute approximate surface area is 250 Å². The monoisotopic (exact) mass is 719 g/mol. The zero-order chi connectivity index (χ0) is 27.7. The zero-order valence-electron chi connectivity index (χ0n) is 21.3. The predicted molar refractivity (Wildman–Crippen MR) is 161 cm³/mol. The summed E-state index contributed by atoms with van der Waals surface area (Å²) in [6.45, 7) is 4.59. The molecule has 0 radical (unpaired) electrons. The molecule has 1 aliphatic heterocycles. The summed E-state index contributed by atoms with van der Waals surface area (Å²) >= 11 is 10.7. The summed E-state index contributed by atoms with van der Waals surface area (Å²) in [7, 11) is 1.57. The molecule has 0 spiro atoms. The van der Waals surface area contributed by atoms with Crippen LogP contribution in [0.4, 0.5) is 0 Å². The highest BCUT2D eigenvalue weighted by atomic mass is 79.9. The number of rotatable bonds is 8. The number of hydrogen-bond acceptors (Lipinski definition) is 7. The number of ether oxygens (including phenoxy) is 4. The highest BCUT2D eigenvalue weighted by Crippen LogP contribution is 2.43. The number of benzene rings is 3. The molecule has 0 fully saturated rings. The first-order chi connectivity index (χ1) is 18.8. The summed E-state index contributed by atoms with van der Waals surface area (Å²) in [6.07, 6.45) is 2.42. The lowest BCUT2D eigenvalue weighted by atomic mass is 10.1. The van der Waals surface area contributed by atoms with E-state index in [0.717, 1.165) is 16.5 Å². The van der Waals surface area contributed by atoms with Crippen molar-refractivity contribution in [2.45, 2.75) is 32.8 Å². The van der Waals surface area contributed by atoms with E-state index in [2.05, 4.69) is 59.8 Å². The second kappa shape index (κ2) is 11.7. The number of nitrogens with zero attached hydrogens (tertiary/aromatic N) is 3. The van der Waals surface area contributed by atoms with Gasteiger partial charge in [-0.2, -0.15) is 9.78 Å². The lowest BCUT2D eigenvalue weighted by molar-refractivity contribution is 0.174. The third-order valence-electron chi connectivity index (χ3n) is 6.39. The minimum Gasteiger partial charge on any atom is -0.493 e. The molecule has 0 aliphatic carbocycles. The molecule has 2 heterocycles. The highest BCUT2D eigenvalue weighted by molar-refractivity contribution is 9.13. The molecule has 0 N–H and O–H groups in total. The summed E-state index contributed by atoms with van der Waals surface area (Å²) in [4.78, 5) is 18.2. The van der Waals surface area contributed by atoms with Gasteiger partial charge in [-0.1, -0.05) is 35.8 Å². The molecule has 1 aliphatic rings. The van der Waals surface area contributed by atoms with Crippen LogP contribution in [0.25, 0.3) is 10.9 Å². The molecular weight excluding hydrogens is 698 g/mol. The van der Waals surface area contributed by atoms with Gasteiger partial charge in [0.2, 0.25) is 6.79 Å². The van der Waals surface area contributed by atoms with E-state index < -0.39 is 0 Å². The summed E-state index contributed by atoms with van der Waals surface area (Å²) < 4.78 is 26.1. The quantitative estimate of drug-likeness (QED) is 0.177. The first kappa shape index (κ1) is 27.7. The Morgan fingerprint density at radius 3 is 2.67 bits per heavy atom. The fourth-order valence-electron chi connectivity index (χ4n) is 4.07. The van der Waals surface area contributed by atoms with Crippen molar-refractivity contribution in [1.29, 1.82) is 0 Å². The van der Waals surface area contributed by atoms with E-state index in [1.807, 2.05) is 37.3 Å². The van der Waals surface area contributed by atoms with Crippen molar-refractivity contribution in [2.75, 3.05) is 13.9 Å². The van der Waals surface area contributed by atoms with Crippen molar-refractivity contribution in [1.82, 2.24) is 9.66 Å². The molecule has 1 atom stereocenters. The molecule has 39 heavy (non-hydrogen) atoms. The largest absolute Gasteiger partial charge is 0.493 e. The topological polar surface area (TPSA) is 84.2 Å². The fraction of sp³-hybridized carbons (Fsp3) is 0.250. The van der Waals surface area contributed by atoms with Crippen molar-refractivity contribution in [3.8, 4) is 23.0 Å². The van der Waals surface area contributed by atoms with E-state index in [4.69, 9.17) is 23.9 Å². The molecule has 0 saturated carbocycles. The van der Waals surface area contributed by atoms with Crippen molar-refractivity contribution < 1.29 is 18.9 Å². The highest BCUT2D eigenvalue weighted by Gasteiger charge is 2.19. The number of hydrogen-bond donors (Lipinski definition) is 0. The molecule has 0 unspecified atom stereocenters. The fourth-order valence-corrected chi connectivity index (χ4v) is 5.37. The maximum Gasteiger partial charge on any atom is 0.282 e. The minimum atomic E-state index is -0.237. The van der Waals surface area contributed by atoms with E-state index in [9.17, 15) is 4.79 Å². The SMILES string of the molecule is CC[C@H](C)c1nc2ccc(Br)cc2c(=O)n1N=Cc1cc(OC)c(OCc2ccc3c(c2)OCO3)c(Br)c1Br. The van der Waals surface area contributed by atoms with Gasteiger partial charge in [-0.05, 0) is 80.2 Å². The molecule has 1 aromatic heterocycles. The summed E-state index contributed by atoms with van der Waals surface area (Å²) in [5.74, 6) is 3.06. The Morgan fingerprint density at radius 1 is 1.10 bits per heavy atom. The van der Waals surface area contributed by atoms with Crippen molar-refractivity contribution in [2.24, 2.45) is 5.10 Å². The van der Waals surface area contributed by atoms with E-state index in [0.29, 0.717) is 54.2 Å². The van der Waals surface area contributed by atoms with Crippen LogP contribution in [0.2, 0.25) is 0 Å². The van der Waals surface area contributed by atoms with E-state index in [1.165, 1.54) is 4.68 Å². The van der Waals surface area contributed by atoms with Crippen LogP contribution < -0.4 is 24.5 Å². The Hall–Kier alpha value is -2.89. The van der Waals surface area contributed by atoms with Crippen LogP contribution in [0.15, 0.2) is 65.8 Å². The van der Waals surface area contributed by atoms with Crippen LogP contribution in [-0.4, -0.2) is 29.8 Å². The van der Waals surface area contributed by atoms with Crippen LogP contribution in [0.3, 0.4) is 0 Å². The van der Waals surface area contributed by atoms with E-state index in [1.54, 1.807) is 25.5 Å². The number of fused-ring (bicyclic) bond motifs is 2. The summed E-state index contributed by atoms with van der Waals surface area (Å²) in [5, 5.41) is 5.07. The first-order valence-electron chi connectivity index (χ1n) is 12.1. The maximum atomic E-state index is 13.5. The van der Waals surface area contributed by atoms with Crippen molar-refractivity contribution >= 4 is 64.9 Å². The third kappa shape index (κ3) is 5.57. The number of methoxy groups -OCH3 is 1. The van der Waals surface area contributed by atoms with Crippen LogP contribution in [0, 0.1) is 0 Å². The van der Waals surface area contributed by atoms with Gasteiger partial charge < -0.3 is 18.9 Å². The maximum absolute atomic E-state index is 13.5. The second-order valence-electron chi connectivity index (χ2n) is 8.90. The van der Waals surface area contributed by atoms with Gasteiger partial charge in [-0.15, -0.1) is 0 Å². The number of halogens is 3. The second-order valence-corrected chi connectivity index (χ2v) is 11.4. The van der Waals surface area contributed by atoms with Crippen LogP contribution in [-0.2, 0) is 6.61 Å². The molecule has 202 valence electrons. The molecule has 8 nitrogen and oxygen atoms in total. The van der Waals surface area contributed by atoms with Crippen LogP contribution in [0.1, 0.15) is 43.1 Å². The number of aromatic nitrogens is 2. The summed E-state index contributed by atoms with van der Waals surface area (Å²) in [6, 6.07) is 12.9. The molecule has 4 aromatic rings. The Morgan fingerprint density at radius 2 is 1.90 bits per heavy atom. The van der Waals surface area contributed by atoms with Crippen molar-refractivity contribution in [3.05, 3.63) is 83.2 Å². The van der Waals surface area contributed by atoms with Gasteiger partial charge in [0.25, 0.3) is 5.56 Å². The Kier molecular flexibility index (Phi) is 8.29. The van der Waals surface area contributed by atoms with E-state index >= 15 is 0 Å². The lowest BCUT2D eigenvalue weighted by Gasteiger charge is -2.16. The minimum absolute atomic E-state index is 0.0274. The molecule has 11 heteroatoms. The third-order valence-corrected chi connectivity index (χ3v) is 9.03.